The van der Waals surface area contributed by atoms with E-state index < -0.39 is 0 Å². The van der Waals surface area contributed by atoms with Crippen molar-refractivity contribution in [3.05, 3.63) is 164 Å². The van der Waals surface area contributed by atoms with E-state index in [4.69, 9.17) is 13.8 Å². The first-order valence-electron chi connectivity index (χ1n) is 16.1. The number of oxazole rings is 1. The molecular formula is C43H27N3O2. The molecule has 0 aliphatic carbocycles. The van der Waals surface area contributed by atoms with Crippen molar-refractivity contribution in [2.24, 2.45) is 0 Å². The fourth-order valence-corrected chi connectivity index (χ4v) is 7.12. The summed E-state index contributed by atoms with van der Waals surface area (Å²) in [7, 11) is 0. The van der Waals surface area contributed by atoms with E-state index in [1.807, 2.05) is 42.5 Å². The number of fused-ring (bicyclic) bond motifs is 8. The van der Waals surface area contributed by atoms with Gasteiger partial charge in [-0.3, -0.25) is 0 Å². The van der Waals surface area contributed by atoms with Crippen LogP contribution in [-0.4, -0.2) is 9.55 Å². The summed E-state index contributed by atoms with van der Waals surface area (Å²) in [5.74, 6) is 0.594. The molecule has 0 aliphatic heterocycles. The van der Waals surface area contributed by atoms with Gasteiger partial charge in [0.2, 0.25) is 5.89 Å². The molecule has 226 valence electrons. The van der Waals surface area contributed by atoms with E-state index >= 15 is 0 Å². The molecule has 0 saturated carbocycles. The number of hydrogen-bond acceptors (Lipinski definition) is 4. The van der Waals surface area contributed by atoms with Crippen molar-refractivity contribution in [3.63, 3.8) is 0 Å². The molecule has 7 aromatic carbocycles. The van der Waals surface area contributed by atoms with Gasteiger partial charge in [0, 0.05) is 38.8 Å². The van der Waals surface area contributed by atoms with Gasteiger partial charge in [0.1, 0.15) is 16.7 Å². The van der Waals surface area contributed by atoms with Crippen LogP contribution in [0.2, 0.25) is 0 Å². The number of rotatable bonds is 5. The lowest BCUT2D eigenvalue weighted by Gasteiger charge is -2.26. The van der Waals surface area contributed by atoms with Crippen molar-refractivity contribution in [1.82, 2.24) is 9.55 Å². The van der Waals surface area contributed by atoms with Crippen LogP contribution in [-0.2, 0) is 0 Å². The highest BCUT2D eigenvalue weighted by Gasteiger charge is 2.23. The third-order valence-electron chi connectivity index (χ3n) is 9.20. The van der Waals surface area contributed by atoms with Gasteiger partial charge < -0.3 is 18.3 Å². The first kappa shape index (κ1) is 26.6. The number of hydrogen-bond donors (Lipinski definition) is 0. The zero-order valence-corrected chi connectivity index (χ0v) is 25.7. The third kappa shape index (κ3) is 4.01. The van der Waals surface area contributed by atoms with Crippen LogP contribution in [0.5, 0.6) is 0 Å². The molecule has 10 rings (SSSR count). The zero-order chi connectivity index (χ0) is 31.6. The molecule has 0 fully saturated rings. The Morgan fingerprint density at radius 1 is 0.500 bits per heavy atom. The number of nitrogens with zero attached hydrogens (tertiary/aromatic N) is 3. The average Bonchev–Trinajstić information content (AvgIpc) is 3.85. The summed E-state index contributed by atoms with van der Waals surface area (Å²) in [6.07, 6.45) is 0. The highest BCUT2D eigenvalue weighted by atomic mass is 16.4. The van der Waals surface area contributed by atoms with Gasteiger partial charge in [-0.2, -0.15) is 0 Å². The maximum absolute atomic E-state index is 6.47. The van der Waals surface area contributed by atoms with Crippen molar-refractivity contribution in [1.29, 1.82) is 0 Å². The van der Waals surface area contributed by atoms with Crippen LogP contribution < -0.4 is 4.90 Å². The van der Waals surface area contributed by atoms with Gasteiger partial charge in [-0.1, -0.05) is 78.9 Å². The highest BCUT2D eigenvalue weighted by Crippen LogP contribution is 2.45. The molecule has 0 atom stereocenters. The summed E-state index contributed by atoms with van der Waals surface area (Å²) in [5.41, 5.74) is 10.6. The van der Waals surface area contributed by atoms with Crippen LogP contribution in [0, 0.1) is 0 Å². The topological polar surface area (TPSA) is 47.3 Å². The van der Waals surface area contributed by atoms with E-state index in [9.17, 15) is 0 Å². The molecule has 0 unspecified atom stereocenters. The molecule has 0 N–H and O–H groups in total. The standard InChI is InChI=1S/C43H27N3O2/c1-4-13-28(14-5-1)43-44-34-24-26-39-41(42(34)48-43)33-27-31(23-25-38(33)47-39)45(29-15-6-2-7-16-29)36-21-12-22-37-40(36)32-19-10-11-20-35(32)46(37)30-17-8-3-9-18-30/h1-27H. The Kier molecular flexibility index (Phi) is 5.81. The van der Waals surface area contributed by atoms with Crippen molar-refractivity contribution in [2.45, 2.75) is 0 Å². The van der Waals surface area contributed by atoms with Gasteiger partial charge in [-0.25, -0.2) is 4.98 Å². The lowest BCUT2D eigenvalue weighted by Crippen LogP contribution is -2.10. The van der Waals surface area contributed by atoms with Crippen LogP contribution >= 0.6 is 0 Å². The molecule has 3 aromatic heterocycles. The molecule has 0 aliphatic rings. The zero-order valence-electron chi connectivity index (χ0n) is 25.7. The number of aromatic nitrogens is 2. The van der Waals surface area contributed by atoms with E-state index in [0.717, 1.165) is 72.4 Å². The molecule has 5 heteroatoms. The number of benzene rings is 7. The minimum atomic E-state index is 0.594. The Morgan fingerprint density at radius 3 is 2.04 bits per heavy atom. The van der Waals surface area contributed by atoms with Crippen molar-refractivity contribution in [2.75, 3.05) is 4.90 Å². The Bertz CT molecular complexity index is 2780. The Labute approximate surface area is 275 Å². The summed E-state index contributed by atoms with van der Waals surface area (Å²) >= 11 is 0. The van der Waals surface area contributed by atoms with E-state index in [1.54, 1.807) is 0 Å². The normalized spacial score (nSPS) is 11.8. The van der Waals surface area contributed by atoms with Crippen LogP contribution in [0.1, 0.15) is 0 Å². The van der Waals surface area contributed by atoms with E-state index in [2.05, 4.69) is 131 Å². The van der Waals surface area contributed by atoms with Crippen LogP contribution in [0.25, 0.3) is 72.0 Å². The maximum Gasteiger partial charge on any atom is 0.227 e. The molecule has 48 heavy (non-hydrogen) atoms. The highest BCUT2D eigenvalue weighted by molar-refractivity contribution is 6.19. The first-order valence-corrected chi connectivity index (χ1v) is 16.1. The van der Waals surface area contributed by atoms with Crippen LogP contribution in [0.3, 0.4) is 0 Å². The predicted molar refractivity (Wildman–Crippen MR) is 196 cm³/mol. The summed E-state index contributed by atoms with van der Waals surface area (Å²) in [4.78, 5) is 7.19. The van der Waals surface area contributed by atoms with Gasteiger partial charge in [-0.05, 0) is 84.9 Å². The van der Waals surface area contributed by atoms with Crippen LogP contribution in [0.15, 0.2) is 173 Å². The predicted octanol–water partition coefficient (Wildman–Crippen LogP) is 12.0. The SMILES string of the molecule is c1ccc(-c2nc3ccc4oc5ccc(N(c6ccccc6)c6cccc7c6c6ccccc6n7-c6ccccc6)cc5c4c3o2)cc1. The van der Waals surface area contributed by atoms with Gasteiger partial charge in [0.25, 0.3) is 0 Å². The first-order chi connectivity index (χ1) is 23.8. The van der Waals surface area contributed by atoms with Gasteiger partial charge in [0.05, 0.1) is 22.1 Å². The molecule has 3 heterocycles. The molecule has 0 bridgehead atoms. The Hall–Kier alpha value is -6.59. The largest absolute Gasteiger partial charge is 0.456 e. The van der Waals surface area contributed by atoms with Crippen LogP contribution in [0.4, 0.5) is 17.1 Å². The van der Waals surface area contributed by atoms with Gasteiger partial charge in [-0.15, -0.1) is 0 Å². The second-order valence-corrected chi connectivity index (χ2v) is 12.0. The monoisotopic (exact) mass is 617 g/mol. The smallest absolute Gasteiger partial charge is 0.227 e. The lowest BCUT2D eigenvalue weighted by molar-refractivity contribution is 0.622. The minimum absolute atomic E-state index is 0.594. The van der Waals surface area contributed by atoms with E-state index in [-0.39, 0.29) is 0 Å². The molecule has 5 nitrogen and oxygen atoms in total. The van der Waals surface area contributed by atoms with Gasteiger partial charge in [0.15, 0.2) is 5.58 Å². The number of anilines is 3. The lowest BCUT2D eigenvalue weighted by atomic mass is 10.1. The Balaban J connectivity index is 1.24. The summed E-state index contributed by atoms with van der Waals surface area (Å²) in [5, 5.41) is 4.28. The average molecular weight is 618 g/mol. The maximum atomic E-state index is 6.47. The molecule has 0 amide bonds. The van der Waals surface area contributed by atoms with Crippen molar-refractivity contribution in [3.8, 4) is 17.1 Å². The summed E-state index contributed by atoms with van der Waals surface area (Å²) < 4.78 is 15.2. The molecular weight excluding hydrogens is 590 g/mol. The molecule has 0 saturated heterocycles. The second-order valence-electron chi connectivity index (χ2n) is 12.0. The van der Waals surface area contributed by atoms with Gasteiger partial charge >= 0.3 is 0 Å². The Morgan fingerprint density at radius 2 is 1.21 bits per heavy atom. The fourth-order valence-electron chi connectivity index (χ4n) is 7.12. The quantitative estimate of drug-likeness (QED) is 0.193. The fraction of sp³-hybridized carbons (Fsp3) is 0. The van der Waals surface area contributed by atoms with E-state index in [0.29, 0.717) is 5.89 Å². The molecule has 0 radical (unpaired) electrons. The second kappa shape index (κ2) is 10.5. The van der Waals surface area contributed by atoms with Crippen molar-refractivity contribution >= 4 is 71.9 Å². The molecule has 0 spiro atoms. The molecule has 10 aromatic rings. The third-order valence-corrected chi connectivity index (χ3v) is 9.20. The summed E-state index contributed by atoms with van der Waals surface area (Å²) in [6, 6.07) is 56.8. The van der Waals surface area contributed by atoms with Crippen molar-refractivity contribution < 1.29 is 8.83 Å². The number of para-hydroxylation sites is 3. The van der Waals surface area contributed by atoms with E-state index in [1.165, 1.54) is 10.8 Å². The number of furan rings is 1. The summed E-state index contributed by atoms with van der Waals surface area (Å²) in [6.45, 7) is 0. The minimum Gasteiger partial charge on any atom is -0.456 e.